The lowest BCUT2D eigenvalue weighted by atomic mass is 10.0. The molecule has 0 spiro atoms. The zero-order valence-electron chi connectivity index (χ0n) is 18.9. The molecule has 0 radical (unpaired) electrons. The molecule has 8 heteroatoms. The molecule has 35 heavy (non-hydrogen) atoms. The predicted octanol–water partition coefficient (Wildman–Crippen LogP) is 5.60. The SMILES string of the molecule is COc1ccc(C(=O)Oc2ccc3ccccc3c2/C=N\NC(=O)c2cccc(Br)c2)cc1OC. The van der Waals surface area contributed by atoms with Gasteiger partial charge in [-0.05, 0) is 53.2 Å². The highest BCUT2D eigenvalue weighted by Gasteiger charge is 2.16. The molecule has 4 aromatic carbocycles. The van der Waals surface area contributed by atoms with Gasteiger partial charge < -0.3 is 14.2 Å². The van der Waals surface area contributed by atoms with E-state index < -0.39 is 5.97 Å². The first-order valence-corrected chi connectivity index (χ1v) is 11.3. The molecule has 4 aromatic rings. The third kappa shape index (κ3) is 5.50. The molecule has 0 heterocycles. The van der Waals surface area contributed by atoms with Gasteiger partial charge in [0.1, 0.15) is 5.75 Å². The van der Waals surface area contributed by atoms with E-state index >= 15 is 0 Å². The number of hydrogen-bond acceptors (Lipinski definition) is 6. The van der Waals surface area contributed by atoms with Crippen LogP contribution in [-0.4, -0.2) is 32.3 Å². The molecule has 7 nitrogen and oxygen atoms in total. The quantitative estimate of drug-likeness (QED) is 0.145. The molecule has 0 saturated carbocycles. The van der Waals surface area contributed by atoms with Gasteiger partial charge in [-0.2, -0.15) is 5.10 Å². The van der Waals surface area contributed by atoms with E-state index in [2.05, 4.69) is 26.5 Å². The van der Waals surface area contributed by atoms with Crippen LogP contribution in [0.1, 0.15) is 26.3 Å². The van der Waals surface area contributed by atoms with Crippen LogP contribution in [0.4, 0.5) is 0 Å². The van der Waals surface area contributed by atoms with E-state index in [1.165, 1.54) is 20.4 Å². The number of hydrazone groups is 1. The Balaban J connectivity index is 1.63. The number of hydrogen-bond donors (Lipinski definition) is 1. The number of nitrogens with zero attached hydrogens (tertiary/aromatic N) is 1. The minimum atomic E-state index is -0.575. The molecule has 0 fully saturated rings. The fraction of sp³-hybridized carbons (Fsp3) is 0.0741. The molecule has 0 unspecified atom stereocenters. The highest BCUT2D eigenvalue weighted by Crippen LogP contribution is 2.30. The second-order valence-electron chi connectivity index (χ2n) is 7.37. The van der Waals surface area contributed by atoms with Gasteiger partial charge in [-0.1, -0.05) is 52.3 Å². The van der Waals surface area contributed by atoms with E-state index in [0.717, 1.165) is 15.2 Å². The number of fused-ring (bicyclic) bond motifs is 1. The smallest absolute Gasteiger partial charge is 0.343 e. The summed E-state index contributed by atoms with van der Waals surface area (Å²) >= 11 is 3.35. The highest BCUT2D eigenvalue weighted by molar-refractivity contribution is 9.10. The lowest BCUT2D eigenvalue weighted by molar-refractivity contribution is 0.0734. The van der Waals surface area contributed by atoms with E-state index in [0.29, 0.717) is 33.9 Å². The lowest BCUT2D eigenvalue weighted by Crippen LogP contribution is -2.17. The normalized spacial score (nSPS) is 10.8. The Hall–Kier alpha value is -4.17. The van der Waals surface area contributed by atoms with Gasteiger partial charge >= 0.3 is 5.97 Å². The summed E-state index contributed by atoms with van der Waals surface area (Å²) in [6.07, 6.45) is 1.47. The van der Waals surface area contributed by atoms with Crippen molar-refractivity contribution in [2.45, 2.75) is 0 Å². The van der Waals surface area contributed by atoms with Crippen molar-refractivity contribution in [3.8, 4) is 17.2 Å². The molecule has 4 rings (SSSR count). The summed E-state index contributed by atoms with van der Waals surface area (Å²) in [5.41, 5.74) is 3.81. The maximum atomic E-state index is 12.9. The Morgan fingerprint density at radius 1 is 0.829 bits per heavy atom. The number of carbonyl (C=O) groups excluding carboxylic acids is 2. The van der Waals surface area contributed by atoms with Crippen LogP contribution >= 0.6 is 15.9 Å². The predicted molar refractivity (Wildman–Crippen MR) is 138 cm³/mol. The van der Waals surface area contributed by atoms with Crippen molar-refractivity contribution in [3.05, 3.63) is 100 Å². The molecular formula is C27H21BrN2O5. The van der Waals surface area contributed by atoms with Crippen molar-refractivity contribution in [3.63, 3.8) is 0 Å². The van der Waals surface area contributed by atoms with Gasteiger partial charge in [0.25, 0.3) is 5.91 Å². The van der Waals surface area contributed by atoms with Gasteiger partial charge in [-0.15, -0.1) is 0 Å². The summed E-state index contributed by atoms with van der Waals surface area (Å²) < 4.78 is 17.0. The molecule has 0 aromatic heterocycles. The molecule has 0 aliphatic heterocycles. The number of halogens is 1. The monoisotopic (exact) mass is 532 g/mol. The maximum absolute atomic E-state index is 12.9. The maximum Gasteiger partial charge on any atom is 0.343 e. The van der Waals surface area contributed by atoms with Crippen molar-refractivity contribution in [2.24, 2.45) is 5.10 Å². The minimum Gasteiger partial charge on any atom is -0.493 e. The van der Waals surface area contributed by atoms with E-state index in [9.17, 15) is 9.59 Å². The topological polar surface area (TPSA) is 86.2 Å². The third-order valence-corrected chi connectivity index (χ3v) is 5.69. The number of nitrogens with one attached hydrogen (secondary N) is 1. The van der Waals surface area contributed by atoms with Crippen molar-refractivity contribution in [1.29, 1.82) is 0 Å². The van der Waals surface area contributed by atoms with E-state index in [4.69, 9.17) is 14.2 Å². The molecule has 0 aliphatic carbocycles. The molecule has 176 valence electrons. The average molecular weight is 533 g/mol. The van der Waals surface area contributed by atoms with Crippen LogP contribution in [-0.2, 0) is 0 Å². The Morgan fingerprint density at radius 3 is 2.37 bits per heavy atom. The van der Waals surface area contributed by atoms with E-state index in [-0.39, 0.29) is 5.91 Å². The summed E-state index contributed by atoms with van der Waals surface area (Å²) in [5, 5.41) is 5.86. The van der Waals surface area contributed by atoms with Crippen molar-refractivity contribution in [2.75, 3.05) is 14.2 Å². The highest BCUT2D eigenvalue weighted by atomic mass is 79.9. The molecule has 0 saturated heterocycles. The average Bonchev–Trinajstić information content (AvgIpc) is 2.89. The van der Waals surface area contributed by atoms with Crippen LogP contribution in [0.15, 0.2) is 88.4 Å². The summed E-state index contributed by atoms with van der Waals surface area (Å²) in [6, 6.07) is 22.9. The standard InChI is InChI=1S/C27H21BrN2O5/c1-33-24-13-11-19(15-25(24)34-2)27(32)35-23-12-10-17-6-3-4-9-21(17)22(23)16-29-30-26(31)18-7-5-8-20(28)14-18/h3-16H,1-2H3,(H,30,31)/b29-16-. The van der Waals surface area contributed by atoms with Gasteiger partial charge in [-0.3, -0.25) is 4.79 Å². The fourth-order valence-electron chi connectivity index (χ4n) is 3.47. The number of ether oxygens (including phenoxy) is 3. The van der Waals surface area contributed by atoms with Gasteiger partial charge in [-0.25, -0.2) is 10.2 Å². The van der Waals surface area contributed by atoms with Crippen LogP contribution < -0.4 is 19.6 Å². The molecule has 0 aliphatic rings. The summed E-state index contributed by atoms with van der Waals surface area (Å²) in [4.78, 5) is 25.4. The largest absolute Gasteiger partial charge is 0.493 e. The third-order valence-electron chi connectivity index (χ3n) is 5.20. The Bertz CT molecular complexity index is 1430. The van der Waals surface area contributed by atoms with Gasteiger partial charge in [0, 0.05) is 15.6 Å². The second kappa shape index (κ2) is 10.8. The Morgan fingerprint density at radius 2 is 1.60 bits per heavy atom. The first-order valence-electron chi connectivity index (χ1n) is 10.5. The lowest BCUT2D eigenvalue weighted by Gasteiger charge is -2.12. The number of amides is 1. The summed E-state index contributed by atoms with van der Waals surface area (Å²) in [7, 11) is 3.01. The molecule has 1 N–H and O–H groups in total. The number of methoxy groups -OCH3 is 2. The Kier molecular flexibility index (Phi) is 7.42. The Labute approximate surface area is 210 Å². The van der Waals surface area contributed by atoms with Crippen LogP contribution in [0.5, 0.6) is 17.2 Å². The first-order chi connectivity index (χ1) is 17.0. The van der Waals surface area contributed by atoms with Crippen LogP contribution in [0, 0.1) is 0 Å². The molecule has 0 atom stereocenters. The van der Waals surface area contributed by atoms with Gasteiger partial charge in [0.2, 0.25) is 0 Å². The zero-order chi connectivity index (χ0) is 24.8. The molecule has 0 bridgehead atoms. The van der Waals surface area contributed by atoms with Crippen molar-refractivity contribution < 1.29 is 23.8 Å². The van der Waals surface area contributed by atoms with Gasteiger partial charge in [0.15, 0.2) is 11.5 Å². The minimum absolute atomic E-state index is 0.293. The summed E-state index contributed by atoms with van der Waals surface area (Å²) in [5.74, 6) is 0.269. The summed E-state index contributed by atoms with van der Waals surface area (Å²) in [6.45, 7) is 0. The fourth-order valence-corrected chi connectivity index (χ4v) is 3.87. The van der Waals surface area contributed by atoms with E-state index in [1.807, 2.05) is 36.4 Å². The van der Waals surface area contributed by atoms with Crippen LogP contribution in [0.3, 0.4) is 0 Å². The van der Waals surface area contributed by atoms with Crippen LogP contribution in [0.25, 0.3) is 10.8 Å². The van der Waals surface area contributed by atoms with Crippen molar-refractivity contribution >= 4 is 44.8 Å². The second-order valence-corrected chi connectivity index (χ2v) is 8.28. The van der Waals surface area contributed by atoms with Crippen molar-refractivity contribution in [1.82, 2.24) is 5.43 Å². The molecular weight excluding hydrogens is 512 g/mol. The number of benzene rings is 4. The number of carbonyl (C=O) groups is 2. The zero-order valence-corrected chi connectivity index (χ0v) is 20.5. The first kappa shape index (κ1) is 24.0. The molecule has 1 amide bonds. The number of rotatable bonds is 7. The number of esters is 1. The van der Waals surface area contributed by atoms with Crippen LogP contribution in [0.2, 0.25) is 0 Å². The van der Waals surface area contributed by atoms with E-state index in [1.54, 1.807) is 42.5 Å². The van der Waals surface area contributed by atoms with Gasteiger partial charge in [0.05, 0.1) is 26.0 Å².